The van der Waals surface area contributed by atoms with Gasteiger partial charge in [-0.2, -0.15) is 11.8 Å². The van der Waals surface area contributed by atoms with Crippen LogP contribution >= 0.6 is 11.8 Å². The Morgan fingerprint density at radius 3 is 2.35 bits per heavy atom. The summed E-state index contributed by atoms with van der Waals surface area (Å²) in [4.78, 5) is 0. The van der Waals surface area contributed by atoms with Gasteiger partial charge in [-0.1, -0.05) is 46.2 Å². The molecule has 0 amide bonds. The summed E-state index contributed by atoms with van der Waals surface area (Å²) >= 11 is 2.04. The molecule has 0 aliphatic rings. The molecule has 0 aromatic rings. The van der Waals surface area contributed by atoms with Crippen LogP contribution in [-0.4, -0.2) is 22.0 Å². The molecule has 0 saturated carbocycles. The van der Waals surface area contributed by atoms with E-state index < -0.39 is 0 Å². The van der Waals surface area contributed by atoms with E-state index in [9.17, 15) is 0 Å². The molecular formula is C13H28N2OS. The molecule has 0 aliphatic carbocycles. The van der Waals surface area contributed by atoms with Crippen molar-refractivity contribution >= 4 is 17.6 Å². The van der Waals surface area contributed by atoms with Crippen molar-refractivity contribution in [3.05, 3.63) is 0 Å². The van der Waals surface area contributed by atoms with Crippen molar-refractivity contribution in [1.82, 2.24) is 0 Å². The van der Waals surface area contributed by atoms with Crippen LogP contribution in [0.3, 0.4) is 0 Å². The first-order valence-electron chi connectivity index (χ1n) is 6.41. The molecule has 1 atom stereocenters. The topological polar surface area (TPSA) is 58.6 Å². The summed E-state index contributed by atoms with van der Waals surface area (Å²) in [7, 11) is 0. The molecule has 102 valence electrons. The minimum absolute atomic E-state index is 0.191. The van der Waals surface area contributed by atoms with E-state index in [0.717, 1.165) is 24.0 Å². The van der Waals surface area contributed by atoms with Crippen molar-refractivity contribution in [2.24, 2.45) is 22.2 Å². The van der Waals surface area contributed by atoms with E-state index in [-0.39, 0.29) is 5.41 Å². The number of nitrogens with zero attached hydrogens (tertiary/aromatic N) is 1. The van der Waals surface area contributed by atoms with E-state index in [1.54, 1.807) is 0 Å². The Morgan fingerprint density at radius 1 is 1.29 bits per heavy atom. The molecule has 0 heterocycles. The Kier molecular flexibility index (Phi) is 7.68. The van der Waals surface area contributed by atoms with Crippen LogP contribution in [0.4, 0.5) is 0 Å². The van der Waals surface area contributed by atoms with Gasteiger partial charge in [-0.05, 0) is 24.5 Å². The van der Waals surface area contributed by atoms with Gasteiger partial charge in [0.25, 0.3) is 0 Å². The monoisotopic (exact) mass is 260 g/mol. The molecular weight excluding hydrogens is 232 g/mol. The highest BCUT2D eigenvalue weighted by Crippen LogP contribution is 2.25. The zero-order valence-corrected chi connectivity index (χ0v) is 12.7. The summed E-state index contributed by atoms with van der Waals surface area (Å²) in [6, 6.07) is 0. The Labute approximate surface area is 110 Å². The maximum absolute atomic E-state index is 8.67. The predicted octanol–water partition coefficient (Wildman–Crippen LogP) is 3.71. The molecule has 3 nitrogen and oxygen atoms in total. The molecule has 0 aromatic heterocycles. The van der Waals surface area contributed by atoms with E-state index in [1.165, 1.54) is 12.2 Å². The number of nitrogens with two attached hydrogens (primary N) is 1. The van der Waals surface area contributed by atoms with Gasteiger partial charge in [-0.15, -0.1) is 0 Å². The van der Waals surface area contributed by atoms with E-state index >= 15 is 0 Å². The van der Waals surface area contributed by atoms with E-state index in [1.807, 2.05) is 25.6 Å². The molecule has 1 unspecified atom stereocenters. The molecule has 0 radical (unpaired) electrons. The fraction of sp³-hybridized carbons (Fsp3) is 0.923. The van der Waals surface area contributed by atoms with Crippen LogP contribution in [0.2, 0.25) is 0 Å². The molecule has 0 aromatic carbocycles. The molecule has 0 saturated heterocycles. The van der Waals surface area contributed by atoms with Gasteiger partial charge in [0.1, 0.15) is 5.84 Å². The maximum atomic E-state index is 8.67. The van der Waals surface area contributed by atoms with Gasteiger partial charge >= 0.3 is 0 Å². The van der Waals surface area contributed by atoms with E-state index in [0.29, 0.717) is 5.84 Å². The number of oxime groups is 1. The average molecular weight is 260 g/mol. The molecule has 4 heteroatoms. The second-order valence-electron chi connectivity index (χ2n) is 5.65. The molecule has 0 spiro atoms. The fourth-order valence-corrected chi connectivity index (χ4v) is 2.52. The standard InChI is InChI=1S/C13H28N2OS/c1-10(2)11(3)17-9-7-6-8-13(4,5)12(14)15-16/h10-11,16H,6-9H2,1-5H3,(H2,14,15). The summed E-state index contributed by atoms with van der Waals surface area (Å²) < 4.78 is 0. The third kappa shape index (κ3) is 6.81. The van der Waals surface area contributed by atoms with Crippen LogP contribution in [0.1, 0.15) is 53.9 Å². The lowest BCUT2D eigenvalue weighted by molar-refractivity contribution is 0.304. The first-order chi connectivity index (χ1) is 7.81. The zero-order valence-electron chi connectivity index (χ0n) is 11.9. The van der Waals surface area contributed by atoms with Gasteiger partial charge < -0.3 is 10.9 Å². The summed E-state index contributed by atoms with van der Waals surface area (Å²) in [5.74, 6) is 2.28. The van der Waals surface area contributed by atoms with Crippen molar-refractivity contribution in [1.29, 1.82) is 0 Å². The Hall–Kier alpha value is -0.380. The maximum Gasteiger partial charge on any atom is 0.144 e. The van der Waals surface area contributed by atoms with Crippen molar-refractivity contribution < 1.29 is 5.21 Å². The normalized spacial score (nSPS) is 15.3. The Bertz CT molecular complexity index is 240. The van der Waals surface area contributed by atoms with Crippen molar-refractivity contribution in [2.75, 3.05) is 5.75 Å². The predicted molar refractivity (Wildman–Crippen MR) is 77.8 cm³/mol. The van der Waals surface area contributed by atoms with Crippen LogP contribution in [-0.2, 0) is 0 Å². The number of hydrogen-bond acceptors (Lipinski definition) is 3. The highest BCUT2D eigenvalue weighted by molar-refractivity contribution is 7.99. The van der Waals surface area contributed by atoms with Crippen LogP contribution in [0, 0.1) is 11.3 Å². The highest BCUT2D eigenvalue weighted by atomic mass is 32.2. The average Bonchev–Trinajstić information content (AvgIpc) is 2.26. The fourth-order valence-electron chi connectivity index (χ4n) is 1.39. The lowest BCUT2D eigenvalue weighted by Crippen LogP contribution is -2.31. The number of unbranched alkanes of at least 4 members (excludes halogenated alkanes) is 1. The quantitative estimate of drug-likeness (QED) is 0.230. The number of rotatable bonds is 8. The molecule has 17 heavy (non-hydrogen) atoms. The Balaban J connectivity index is 3.72. The van der Waals surface area contributed by atoms with Crippen molar-refractivity contribution in [3.8, 4) is 0 Å². The first-order valence-corrected chi connectivity index (χ1v) is 7.45. The summed E-state index contributed by atoms with van der Waals surface area (Å²) in [6.45, 7) is 10.9. The molecule has 0 aliphatic heterocycles. The second-order valence-corrected chi connectivity index (χ2v) is 7.13. The number of hydrogen-bond donors (Lipinski definition) is 2. The molecule has 3 N–H and O–H groups in total. The molecule has 0 rings (SSSR count). The third-order valence-electron chi connectivity index (χ3n) is 3.32. The molecule has 0 fully saturated rings. The lowest BCUT2D eigenvalue weighted by Gasteiger charge is -2.22. The minimum atomic E-state index is -0.191. The third-order valence-corrected chi connectivity index (χ3v) is 4.91. The molecule has 0 bridgehead atoms. The second kappa shape index (κ2) is 7.85. The number of amidine groups is 1. The van der Waals surface area contributed by atoms with E-state index in [2.05, 4.69) is 25.9 Å². The first kappa shape index (κ1) is 16.6. The number of thioether (sulfide) groups is 1. The lowest BCUT2D eigenvalue weighted by atomic mass is 9.86. The van der Waals surface area contributed by atoms with Gasteiger partial charge in [0.2, 0.25) is 0 Å². The SMILES string of the molecule is CC(C)C(C)SCCCCC(C)(C)C(N)=NO. The van der Waals surface area contributed by atoms with Gasteiger partial charge in [0.05, 0.1) is 0 Å². The minimum Gasteiger partial charge on any atom is -0.409 e. The van der Waals surface area contributed by atoms with Gasteiger partial charge in [0, 0.05) is 10.7 Å². The van der Waals surface area contributed by atoms with Crippen LogP contribution in [0.15, 0.2) is 5.16 Å². The van der Waals surface area contributed by atoms with Crippen molar-refractivity contribution in [2.45, 2.75) is 59.1 Å². The van der Waals surface area contributed by atoms with Crippen LogP contribution in [0.5, 0.6) is 0 Å². The Morgan fingerprint density at radius 2 is 1.88 bits per heavy atom. The van der Waals surface area contributed by atoms with Gasteiger partial charge in [-0.3, -0.25) is 0 Å². The summed E-state index contributed by atoms with van der Waals surface area (Å²) in [5, 5.41) is 12.5. The summed E-state index contributed by atoms with van der Waals surface area (Å²) in [6.07, 6.45) is 3.30. The van der Waals surface area contributed by atoms with E-state index in [4.69, 9.17) is 10.9 Å². The largest absolute Gasteiger partial charge is 0.409 e. The summed E-state index contributed by atoms with van der Waals surface area (Å²) in [5.41, 5.74) is 5.46. The smallest absolute Gasteiger partial charge is 0.144 e. The highest BCUT2D eigenvalue weighted by Gasteiger charge is 2.22. The van der Waals surface area contributed by atoms with Crippen LogP contribution in [0.25, 0.3) is 0 Å². The van der Waals surface area contributed by atoms with Crippen molar-refractivity contribution in [3.63, 3.8) is 0 Å². The van der Waals surface area contributed by atoms with Gasteiger partial charge in [-0.25, -0.2) is 0 Å². The van der Waals surface area contributed by atoms with Gasteiger partial charge in [0.15, 0.2) is 0 Å². The van der Waals surface area contributed by atoms with Crippen LogP contribution < -0.4 is 5.73 Å². The zero-order chi connectivity index (χ0) is 13.5.